The lowest BCUT2D eigenvalue weighted by Crippen LogP contribution is -2.49. The number of nitrogens with zero attached hydrogens (tertiary/aromatic N) is 3. The number of urea groups is 1. The van der Waals surface area contributed by atoms with Gasteiger partial charge in [-0.15, -0.1) is 0 Å². The van der Waals surface area contributed by atoms with Crippen LogP contribution in [0.25, 0.3) is 0 Å². The molecule has 0 unspecified atom stereocenters. The van der Waals surface area contributed by atoms with Crippen LogP contribution in [0.2, 0.25) is 0 Å². The van der Waals surface area contributed by atoms with Crippen LogP contribution in [0, 0.1) is 11.3 Å². The number of amides is 3. The molecule has 1 saturated heterocycles. The molecule has 6 heteroatoms. The van der Waals surface area contributed by atoms with E-state index in [0.29, 0.717) is 37.3 Å². The summed E-state index contributed by atoms with van der Waals surface area (Å²) in [5, 5.41) is 11.8. The fourth-order valence-electron chi connectivity index (χ4n) is 3.78. The predicted molar refractivity (Wildman–Crippen MR) is 124 cm³/mol. The molecular weight excluding hydrogens is 400 g/mol. The topological polar surface area (TPSA) is 76.4 Å². The number of carbonyl (C=O) groups excluding carboxylic acids is 2. The Labute approximate surface area is 187 Å². The summed E-state index contributed by atoms with van der Waals surface area (Å²) in [4.78, 5) is 28.9. The summed E-state index contributed by atoms with van der Waals surface area (Å²) in [5.41, 5.74) is 4.07. The highest BCUT2D eigenvalue weighted by Gasteiger charge is 2.26. The lowest BCUT2D eigenvalue weighted by molar-refractivity contribution is -0.115. The number of carbonyl (C=O) groups is 2. The third-order valence-corrected chi connectivity index (χ3v) is 5.44. The third kappa shape index (κ3) is 5.13. The molecule has 4 rings (SSSR count). The lowest BCUT2D eigenvalue weighted by atomic mass is 10.1. The first-order valence-corrected chi connectivity index (χ1v) is 10.6. The van der Waals surface area contributed by atoms with Crippen LogP contribution in [0.15, 0.2) is 78.9 Å². The summed E-state index contributed by atoms with van der Waals surface area (Å²) in [6.45, 7) is 1.86. The minimum absolute atomic E-state index is 0.0403. The molecule has 160 valence electrons. The van der Waals surface area contributed by atoms with E-state index in [1.54, 1.807) is 17.0 Å². The van der Waals surface area contributed by atoms with E-state index in [2.05, 4.69) is 11.4 Å². The maximum Gasteiger partial charge on any atom is 0.324 e. The van der Waals surface area contributed by atoms with Crippen LogP contribution in [-0.4, -0.2) is 29.9 Å². The molecule has 32 heavy (non-hydrogen) atoms. The van der Waals surface area contributed by atoms with Crippen LogP contribution in [0.3, 0.4) is 0 Å². The first kappa shape index (κ1) is 21.1. The first-order chi connectivity index (χ1) is 15.6. The molecule has 0 saturated carbocycles. The number of rotatable bonds is 6. The highest BCUT2D eigenvalue weighted by molar-refractivity contribution is 5.94. The number of nitriles is 1. The average molecular weight is 425 g/mol. The number of anilines is 2. The number of benzene rings is 3. The van der Waals surface area contributed by atoms with Gasteiger partial charge in [-0.25, -0.2) is 4.79 Å². The highest BCUT2D eigenvalue weighted by Crippen LogP contribution is 2.23. The van der Waals surface area contributed by atoms with Gasteiger partial charge in [-0.2, -0.15) is 5.26 Å². The molecule has 3 aromatic rings. The van der Waals surface area contributed by atoms with Crippen molar-refractivity contribution in [3.63, 3.8) is 0 Å². The maximum atomic E-state index is 13.0. The Morgan fingerprint density at radius 3 is 2.31 bits per heavy atom. The molecule has 3 aromatic carbocycles. The quantitative estimate of drug-likeness (QED) is 0.630. The standard InChI is InChI=1S/C26H24N4O2/c27-18-21-7-9-22(10-8-21)19-29-15-4-16-30(26(29)32)24-13-11-23(12-14-24)28-25(31)17-20-5-2-1-3-6-20/h1-3,5-14H,4,15-17,19H2,(H,28,31). The normalized spacial score (nSPS) is 13.5. The van der Waals surface area contributed by atoms with Gasteiger partial charge < -0.3 is 10.2 Å². The molecule has 6 nitrogen and oxygen atoms in total. The van der Waals surface area contributed by atoms with Gasteiger partial charge in [0.2, 0.25) is 5.91 Å². The van der Waals surface area contributed by atoms with E-state index in [1.807, 2.05) is 71.6 Å². The minimum atomic E-state index is -0.0772. The maximum absolute atomic E-state index is 13.0. The second-order valence-corrected chi connectivity index (χ2v) is 7.78. The molecule has 0 radical (unpaired) electrons. The molecule has 3 amide bonds. The highest BCUT2D eigenvalue weighted by atomic mass is 16.2. The van der Waals surface area contributed by atoms with Gasteiger partial charge in [0.25, 0.3) is 0 Å². The molecule has 1 aliphatic heterocycles. The Bertz CT molecular complexity index is 1120. The Hall–Kier alpha value is -4.11. The molecule has 0 atom stereocenters. The lowest BCUT2D eigenvalue weighted by Gasteiger charge is -2.35. The Kier molecular flexibility index (Phi) is 6.47. The SMILES string of the molecule is N#Cc1ccc(CN2CCCN(c3ccc(NC(=O)Cc4ccccc4)cc3)C2=O)cc1. The Balaban J connectivity index is 1.37. The summed E-state index contributed by atoms with van der Waals surface area (Å²) < 4.78 is 0. The van der Waals surface area contributed by atoms with Crippen LogP contribution in [0.1, 0.15) is 23.1 Å². The molecule has 0 spiro atoms. The van der Waals surface area contributed by atoms with Crippen molar-refractivity contribution in [3.05, 3.63) is 95.6 Å². The fourth-order valence-corrected chi connectivity index (χ4v) is 3.78. The number of hydrogen-bond acceptors (Lipinski definition) is 3. The second-order valence-electron chi connectivity index (χ2n) is 7.78. The van der Waals surface area contributed by atoms with Crippen LogP contribution in [0.5, 0.6) is 0 Å². The van der Waals surface area contributed by atoms with E-state index in [1.165, 1.54) is 0 Å². The third-order valence-electron chi connectivity index (χ3n) is 5.44. The van der Waals surface area contributed by atoms with Crippen LogP contribution in [0.4, 0.5) is 16.2 Å². The zero-order chi connectivity index (χ0) is 22.3. The van der Waals surface area contributed by atoms with Crippen molar-refractivity contribution in [1.29, 1.82) is 5.26 Å². The predicted octanol–water partition coefficient (Wildman–Crippen LogP) is 4.57. The zero-order valence-electron chi connectivity index (χ0n) is 17.7. The largest absolute Gasteiger partial charge is 0.326 e. The van der Waals surface area contributed by atoms with Gasteiger partial charge in [0.15, 0.2) is 0 Å². The molecule has 1 heterocycles. The van der Waals surface area contributed by atoms with E-state index in [0.717, 1.165) is 23.2 Å². The molecule has 0 aliphatic carbocycles. The molecule has 1 aliphatic rings. The van der Waals surface area contributed by atoms with Crippen molar-refractivity contribution in [2.45, 2.75) is 19.4 Å². The summed E-state index contributed by atoms with van der Waals surface area (Å²) in [6, 6.07) is 26.4. The van der Waals surface area contributed by atoms with E-state index in [9.17, 15) is 9.59 Å². The fraction of sp³-hybridized carbons (Fsp3) is 0.192. The van der Waals surface area contributed by atoms with Crippen LogP contribution >= 0.6 is 0 Å². The number of nitrogens with one attached hydrogen (secondary N) is 1. The van der Waals surface area contributed by atoms with Gasteiger partial charge in [0.05, 0.1) is 18.1 Å². The number of hydrogen-bond donors (Lipinski definition) is 1. The van der Waals surface area contributed by atoms with Gasteiger partial charge >= 0.3 is 6.03 Å². The van der Waals surface area contributed by atoms with Crippen molar-refractivity contribution in [2.75, 3.05) is 23.3 Å². The summed E-state index contributed by atoms with van der Waals surface area (Å²) >= 11 is 0. The summed E-state index contributed by atoms with van der Waals surface area (Å²) in [5.74, 6) is -0.0772. The van der Waals surface area contributed by atoms with E-state index >= 15 is 0 Å². The van der Waals surface area contributed by atoms with Gasteiger partial charge in [-0.05, 0) is 53.9 Å². The monoisotopic (exact) mass is 424 g/mol. The van der Waals surface area contributed by atoms with E-state index in [4.69, 9.17) is 5.26 Å². The van der Waals surface area contributed by atoms with Crippen molar-refractivity contribution in [2.24, 2.45) is 0 Å². The van der Waals surface area contributed by atoms with Crippen molar-refractivity contribution >= 4 is 23.3 Å². The minimum Gasteiger partial charge on any atom is -0.326 e. The van der Waals surface area contributed by atoms with Gasteiger partial charge in [-0.1, -0.05) is 42.5 Å². The van der Waals surface area contributed by atoms with E-state index in [-0.39, 0.29) is 11.9 Å². The van der Waals surface area contributed by atoms with Crippen molar-refractivity contribution in [1.82, 2.24) is 4.90 Å². The molecule has 0 aromatic heterocycles. The van der Waals surface area contributed by atoms with Crippen LogP contribution < -0.4 is 10.2 Å². The van der Waals surface area contributed by atoms with Gasteiger partial charge in [0, 0.05) is 31.0 Å². The van der Waals surface area contributed by atoms with Crippen molar-refractivity contribution in [3.8, 4) is 6.07 Å². The zero-order valence-corrected chi connectivity index (χ0v) is 17.7. The Morgan fingerprint density at radius 2 is 1.62 bits per heavy atom. The molecule has 1 N–H and O–H groups in total. The molecule has 0 bridgehead atoms. The van der Waals surface area contributed by atoms with Crippen molar-refractivity contribution < 1.29 is 9.59 Å². The van der Waals surface area contributed by atoms with Gasteiger partial charge in [0.1, 0.15) is 0 Å². The first-order valence-electron chi connectivity index (χ1n) is 10.6. The smallest absolute Gasteiger partial charge is 0.324 e. The average Bonchev–Trinajstić information content (AvgIpc) is 2.82. The summed E-state index contributed by atoms with van der Waals surface area (Å²) in [7, 11) is 0. The molecular formula is C26H24N4O2. The van der Waals surface area contributed by atoms with Gasteiger partial charge in [-0.3, -0.25) is 9.69 Å². The second kappa shape index (κ2) is 9.80. The summed E-state index contributed by atoms with van der Waals surface area (Å²) in [6.07, 6.45) is 1.19. The molecule has 1 fully saturated rings. The Morgan fingerprint density at radius 1 is 0.906 bits per heavy atom. The van der Waals surface area contributed by atoms with Crippen LogP contribution in [-0.2, 0) is 17.8 Å². The van der Waals surface area contributed by atoms with E-state index < -0.39 is 0 Å².